The molecule has 0 aliphatic carbocycles. The molecule has 0 unspecified atom stereocenters. The van der Waals surface area contributed by atoms with Crippen molar-refractivity contribution < 1.29 is 127 Å². The number of halogens is 6. The number of ether oxygens (including phenoxy) is 4. The number of carbonyl (C=O) groups is 4. The Hall–Kier alpha value is -10.3. The maximum absolute atomic E-state index is 13.7. The SMILES string of the molecule is COc1cc(C(=O)N2CC=C(OS(=O)(=O)C(F)(F)F)C[C@H]2CO[Si](C)(C)C(C)(C)C)c([N+](=O)[O-])cc1C.COc1cc(C(=O)N2CC=C(c3ccsc3)C[C@H]2CO[Si](C)(C)C(C)(C)C)c([N+](=O)[O-])cc1C.COc1cc(C(=O)N2CCC(OS(=O)(=O)C(F)(F)F)=C[C@H]2CO[Si](C)(C)C(C)(C)C)c([N+](=O)[O-])cc1C.COc1cc(C(=O)N2CCC(c3ccsc3)=C[C@H]2CO[Si](C)(C)C(C)(C)C)c([N+](=O)[O-])cc1C. The summed E-state index contributed by atoms with van der Waals surface area (Å²) < 4.78 is 179. The van der Waals surface area contributed by atoms with E-state index in [2.05, 4.69) is 105 Å². The number of benzene rings is 4. The van der Waals surface area contributed by atoms with Gasteiger partial charge in [-0.1, -0.05) is 95.2 Å². The summed E-state index contributed by atoms with van der Waals surface area (Å²) >= 11 is 3.27. The molecule has 4 aliphatic heterocycles. The van der Waals surface area contributed by atoms with Crippen molar-refractivity contribution in [3.63, 3.8) is 0 Å². The summed E-state index contributed by atoms with van der Waals surface area (Å²) in [5, 5.41) is 54.8. The Morgan fingerprint density at radius 1 is 0.401 bits per heavy atom. The topological polar surface area (TPSA) is 414 Å². The molecule has 0 saturated carbocycles. The number of nitro groups is 4. The summed E-state index contributed by atoms with van der Waals surface area (Å²) in [5.41, 5.74) is -6.40. The van der Waals surface area contributed by atoms with Crippen LogP contribution in [0.15, 0.2) is 118 Å². The minimum absolute atomic E-state index is 0.0273. The Morgan fingerprint density at radius 3 is 0.979 bits per heavy atom. The molecule has 4 atom stereocenters. The third-order valence-corrected chi connectivity index (χ3v) is 48.3. The number of carbonyl (C=O) groups excluding carboxylic acids is 4. The molecule has 4 amide bonds. The number of rotatable bonds is 30. The van der Waals surface area contributed by atoms with Crippen LogP contribution in [0.5, 0.6) is 23.0 Å². The lowest BCUT2D eigenvalue weighted by atomic mass is 9.95. The van der Waals surface area contributed by atoms with Crippen LogP contribution in [0.2, 0.25) is 72.5 Å². The van der Waals surface area contributed by atoms with E-state index in [1.807, 2.05) is 84.6 Å². The number of nitrogens with zero attached hydrogens (tertiary/aromatic N) is 8. The van der Waals surface area contributed by atoms with Gasteiger partial charge in [0.15, 0.2) is 33.3 Å². The van der Waals surface area contributed by atoms with Gasteiger partial charge in [-0.15, -0.1) is 0 Å². The molecule has 4 aliphatic rings. The van der Waals surface area contributed by atoms with E-state index < -0.39 is 137 Å². The monoisotopic (exact) mass is 2140 g/mol. The summed E-state index contributed by atoms with van der Waals surface area (Å²) in [4.78, 5) is 105. The predicted octanol–water partition coefficient (Wildman–Crippen LogP) is 22.4. The average Bonchev–Trinajstić information content (AvgIpc) is 1.27. The van der Waals surface area contributed by atoms with Crippen LogP contribution >= 0.6 is 22.7 Å². The zero-order chi connectivity index (χ0) is 108. The van der Waals surface area contributed by atoms with E-state index >= 15 is 0 Å². The van der Waals surface area contributed by atoms with Crippen LogP contribution < -0.4 is 18.9 Å². The lowest BCUT2D eigenvalue weighted by Gasteiger charge is -2.40. The number of thiophene rings is 2. The van der Waals surface area contributed by atoms with Crippen molar-refractivity contribution in [3.8, 4) is 23.0 Å². The van der Waals surface area contributed by atoms with Crippen LogP contribution in [0.3, 0.4) is 0 Å². The summed E-state index contributed by atoms with van der Waals surface area (Å²) in [5.74, 6) is -1.97. The van der Waals surface area contributed by atoms with Gasteiger partial charge in [0, 0.05) is 87.6 Å². The summed E-state index contributed by atoms with van der Waals surface area (Å²) in [6.07, 6.45) is 6.77. The van der Waals surface area contributed by atoms with E-state index in [0.29, 0.717) is 72.9 Å². The molecule has 48 heteroatoms. The molecular formula is C94H130F6N8O26S4Si4. The highest BCUT2D eigenvalue weighted by Gasteiger charge is 2.53. The zero-order valence-electron chi connectivity index (χ0n) is 85.3. The van der Waals surface area contributed by atoms with Gasteiger partial charge in [-0.25, -0.2) is 0 Å². The molecule has 10 rings (SSSR count). The smallest absolute Gasteiger partial charge is 0.496 e. The fourth-order valence-electron chi connectivity index (χ4n) is 14.2. The molecule has 142 heavy (non-hydrogen) atoms. The Balaban J connectivity index is 0.000000257. The van der Waals surface area contributed by atoms with Gasteiger partial charge >= 0.3 is 31.3 Å². The second kappa shape index (κ2) is 46.4. The lowest BCUT2D eigenvalue weighted by molar-refractivity contribution is -0.385. The molecule has 0 radical (unpaired) electrons. The van der Waals surface area contributed by atoms with Crippen molar-refractivity contribution >= 4 is 134 Å². The Morgan fingerprint density at radius 2 is 0.683 bits per heavy atom. The second-order valence-electron chi connectivity index (χ2n) is 40.6. The number of nitro benzene ring substituents is 4. The molecular weight excluding hydrogens is 2010 g/mol. The molecule has 6 heterocycles. The molecule has 4 aromatic carbocycles. The molecule has 0 bridgehead atoms. The van der Waals surface area contributed by atoms with Crippen molar-refractivity contribution in [2.24, 2.45) is 0 Å². The third-order valence-electron chi connectivity index (χ3n) is 26.9. The highest BCUT2D eigenvalue weighted by Crippen LogP contribution is 2.46. The van der Waals surface area contributed by atoms with Crippen LogP contribution in [0, 0.1) is 68.2 Å². The normalized spacial score (nSPS) is 17.1. The van der Waals surface area contributed by atoms with Crippen molar-refractivity contribution in [2.75, 3.05) is 81.0 Å². The van der Waals surface area contributed by atoms with E-state index in [0.717, 1.165) is 23.3 Å². The van der Waals surface area contributed by atoms with E-state index in [1.165, 1.54) is 97.9 Å². The Bertz CT molecular complexity index is 5850. The van der Waals surface area contributed by atoms with Gasteiger partial charge in [0.2, 0.25) is 0 Å². The van der Waals surface area contributed by atoms with Crippen molar-refractivity contribution in [1.29, 1.82) is 0 Å². The van der Waals surface area contributed by atoms with E-state index in [4.69, 9.17) is 36.7 Å². The van der Waals surface area contributed by atoms with Crippen molar-refractivity contribution in [2.45, 2.75) is 244 Å². The number of hydrogen-bond donors (Lipinski definition) is 0. The van der Waals surface area contributed by atoms with Gasteiger partial charge < -0.3 is 64.6 Å². The van der Waals surface area contributed by atoms with Gasteiger partial charge in [0.25, 0.3) is 46.4 Å². The number of hydrogen-bond acceptors (Lipinski definition) is 28. The van der Waals surface area contributed by atoms with Crippen LogP contribution in [0.25, 0.3) is 11.1 Å². The molecule has 6 aromatic rings. The van der Waals surface area contributed by atoms with Crippen LogP contribution in [0.4, 0.5) is 49.1 Å². The molecule has 0 saturated heterocycles. The quantitative estimate of drug-likeness (QED) is 0.0101. The molecule has 0 spiro atoms. The zero-order valence-corrected chi connectivity index (χ0v) is 92.5. The largest absolute Gasteiger partial charge is 0.534 e. The average molecular weight is 2140 g/mol. The van der Waals surface area contributed by atoms with Crippen LogP contribution in [-0.2, 0) is 46.3 Å². The fourth-order valence-corrected chi connectivity index (χ4v) is 20.7. The first kappa shape index (κ1) is 119. The summed E-state index contributed by atoms with van der Waals surface area (Å²) in [6.45, 7) is 48.5. The number of amides is 4. The van der Waals surface area contributed by atoms with Gasteiger partial charge in [0.05, 0.1) is 98.7 Å². The van der Waals surface area contributed by atoms with E-state index in [9.17, 15) is 103 Å². The maximum Gasteiger partial charge on any atom is 0.534 e. The second-order valence-corrected chi connectivity index (χ2v) is 64.5. The molecule has 0 N–H and O–H groups in total. The van der Waals surface area contributed by atoms with Crippen LogP contribution in [-0.4, -0.2) is 229 Å². The molecule has 2 aromatic heterocycles. The number of methoxy groups -OCH3 is 4. The minimum atomic E-state index is -5.92. The summed E-state index contributed by atoms with van der Waals surface area (Å²) in [6, 6.07) is 12.2. The maximum atomic E-state index is 13.7. The van der Waals surface area contributed by atoms with Crippen molar-refractivity contribution in [3.05, 3.63) is 214 Å². The van der Waals surface area contributed by atoms with Gasteiger partial charge in [-0.05, 0) is 203 Å². The first-order chi connectivity index (χ1) is 65.1. The molecule has 784 valence electrons. The van der Waals surface area contributed by atoms with Crippen molar-refractivity contribution in [1.82, 2.24) is 19.6 Å². The third kappa shape index (κ3) is 29.1. The standard InChI is InChI=1S/2C25H34N2O5SSi.2C22H31F3N2O8SSi/c2*1-17-12-22(27(29)30)21(14-23(17)31-5)24(28)26-10-8-18(19-9-11-33-16-19)13-20(26)15-32-34(6,7)25(2,3)4;2*1-14-10-18(27(29)30)17(12-19(14)33-5)20(28)26-9-8-16(35-36(31,32)22(23,24)25)11-15(26)13-34-37(6,7)21(2,3)4/h9,11-14,16,20H,8,10,15H2,1-7H3;8-9,11-12,14,16,20H,10,13,15H2,1-7H3;10-12,15H,8-9,13H2,1-7H3;8,10,12,15H,9,11,13H2,1-7H3/t2*20-;2*15-/m0000/s1. The summed E-state index contributed by atoms with van der Waals surface area (Å²) in [7, 11) is -15.1. The lowest BCUT2D eigenvalue weighted by Crippen LogP contribution is -2.50. The Kier molecular flexibility index (Phi) is 38.8. The van der Waals surface area contributed by atoms with Gasteiger partial charge in [-0.2, -0.15) is 65.9 Å². The highest BCUT2D eigenvalue weighted by molar-refractivity contribution is 7.88. The fraction of sp³-hybridized carbons (Fsp3) is 0.532. The number of alkyl halides is 6. The van der Waals surface area contributed by atoms with Crippen LogP contribution in [0.1, 0.15) is 184 Å². The highest BCUT2D eigenvalue weighted by atomic mass is 32.2. The molecule has 0 fully saturated rings. The van der Waals surface area contributed by atoms with Gasteiger partial charge in [0.1, 0.15) is 56.8 Å². The van der Waals surface area contributed by atoms with Gasteiger partial charge in [-0.3, -0.25) is 59.6 Å². The van der Waals surface area contributed by atoms with E-state index in [-0.39, 0.29) is 122 Å². The molecule has 34 nitrogen and oxygen atoms in total. The van der Waals surface area contributed by atoms with E-state index in [1.54, 1.807) is 60.2 Å². The number of aryl methyl sites for hydroxylation is 4. The minimum Gasteiger partial charge on any atom is -0.496 e. The first-order valence-corrected chi connectivity index (χ1v) is 61.5. The first-order valence-electron chi connectivity index (χ1n) is 45.1. The Labute approximate surface area is 837 Å². The predicted molar refractivity (Wildman–Crippen MR) is 541 cm³/mol.